The molecule has 0 rings (SSSR count). The summed E-state index contributed by atoms with van der Waals surface area (Å²) < 4.78 is 9.80. The van der Waals surface area contributed by atoms with E-state index in [0.29, 0.717) is 24.7 Å². The number of carbonyl (C=O) groups excluding carboxylic acids is 2. The second-order valence-electron chi connectivity index (χ2n) is 4.60. The van der Waals surface area contributed by atoms with Crippen LogP contribution in [-0.4, -0.2) is 25.2 Å². The highest BCUT2D eigenvalue weighted by Crippen LogP contribution is 2.21. The smallest absolute Gasteiger partial charge is 0.334 e. The van der Waals surface area contributed by atoms with Gasteiger partial charge in [-0.05, 0) is 32.1 Å². The van der Waals surface area contributed by atoms with Gasteiger partial charge in [0.25, 0.3) is 0 Å². The van der Waals surface area contributed by atoms with Gasteiger partial charge in [0, 0.05) is 11.6 Å². The zero-order valence-electron chi connectivity index (χ0n) is 12.0. The Bertz CT molecular complexity index is 305. The Morgan fingerprint density at radius 1 is 1.06 bits per heavy atom. The maximum atomic E-state index is 11.8. The molecular weight excluding hydrogens is 232 g/mol. The first kappa shape index (κ1) is 16.7. The van der Waals surface area contributed by atoms with E-state index in [1.165, 1.54) is 6.08 Å². The lowest BCUT2D eigenvalue weighted by atomic mass is 9.91. The summed E-state index contributed by atoms with van der Waals surface area (Å²) in [5.41, 5.74) is 0.393. The Morgan fingerprint density at radius 2 is 1.61 bits per heavy atom. The van der Waals surface area contributed by atoms with Gasteiger partial charge < -0.3 is 9.47 Å². The molecule has 18 heavy (non-hydrogen) atoms. The first-order chi connectivity index (χ1) is 8.42. The highest BCUT2D eigenvalue weighted by atomic mass is 16.5. The summed E-state index contributed by atoms with van der Waals surface area (Å²) in [6, 6.07) is 0. The van der Waals surface area contributed by atoms with E-state index in [4.69, 9.17) is 9.47 Å². The molecule has 0 saturated heterocycles. The highest BCUT2D eigenvalue weighted by molar-refractivity contribution is 5.96. The molecule has 0 aromatic heterocycles. The standard InChI is InChI=1S/C14H24O4/c1-6-17-13(15)9-12(14(16)18-7-2)11(5)8-10(3)4/h9-11H,6-8H2,1-5H3. The molecule has 0 saturated carbocycles. The van der Waals surface area contributed by atoms with E-state index in [2.05, 4.69) is 13.8 Å². The molecular formula is C14H24O4. The van der Waals surface area contributed by atoms with Crippen LogP contribution in [0.15, 0.2) is 11.6 Å². The van der Waals surface area contributed by atoms with Crippen LogP contribution < -0.4 is 0 Å². The van der Waals surface area contributed by atoms with Crippen LogP contribution in [0.3, 0.4) is 0 Å². The van der Waals surface area contributed by atoms with Crippen LogP contribution in [0.5, 0.6) is 0 Å². The zero-order valence-corrected chi connectivity index (χ0v) is 12.0. The molecule has 104 valence electrons. The van der Waals surface area contributed by atoms with Gasteiger partial charge in [0.1, 0.15) is 0 Å². The lowest BCUT2D eigenvalue weighted by Gasteiger charge is -2.16. The number of hydrogen-bond acceptors (Lipinski definition) is 4. The molecule has 0 aromatic rings. The topological polar surface area (TPSA) is 52.6 Å². The molecule has 4 heteroatoms. The average molecular weight is 256 g/mol. The van der Waals surface area contributed by atoms with Crippen molar-refractivity contribution >= 4 is 11.9 Å². The molecule has 0 N–H and O–H groups in total. The van der Waals surface area contributed by atoms with Crippen molar-refractivity contribution in [1.29, 1.82) is 0 Å². The van der Waals surface area contributed by atoms with Gasteiger partial charge in [-0.2, -0.15) is 0 Å². The summed E-state index contributed by atoms with van der Waals surface area (Å²) in [5, 5.41) is 0. The van der Waals surface area contributed by atoms with Gasteiger partial charge in [-0.15, -0.1) is 0 Å². The van der Waals surface area contributed by atoms with Gasteiger partial charge in [-0.25, -0.2) is 9.59 Å². The van der Waals surface area contributed by atoms with Crippen molar-refractivity contribution < 1.29 is 19.1 Å². The Balaban J connectivity index is 4.92. The van der Waals surface area contributed by atoms with Crippen LogP contribution in [0.25, 0.3) is 0 Å². The maximum absolute atomic E-state index is 11.8. The first-order valence-electron chi connectivity index (χ1n) is 6.47. The number of esters is 2. The maximum Gasteiger partial charge on any atom is 0.334 e. The van der Waals surface area contributed by atoms with Crippen LogP contribution in [0.1, 0.15) is 41.0 Å². The normalized spacial score (nSPS) is 13.3. The van der Waals surface area contributed by atoms with Crippen LogP contribution >= 0.6 is 0 Å². The second kappa shape index (κ2) is 8.72. The van der Waals surface area contributed by atoms with Crippen LogP contribution in [-0.2, 0) is 19.1 Å². The van der Waals surface area contributed by atoms with Crippen molar-refractivity contribution in [2.24, 2.45) is 11.8 Å². The molecule has 0 heterocycles. The van der Waals surface area contributed by atoms with Gasteiger partial charge >= 0.3 is 11.9 Å². The van der Waals surface area contributed by atoms with E-state index in [1.807, 2.05) is 6.92 Å². The minimum atomic E-state index is -0.490. The molecule has 0 aliphatic rings. The van der Waals surface area contributed by atoms with Crippen LogP contribution in [0.2, 0.25) is 0 Å². The number of hydrogen-bond donors (Lipinski definition) is 0. The van der Waals surface area contributed by atoms with Crippen LogP contribution in [0, 0.1) is 11.8 Å². The third-order valence-corrected chi connectivity index (χ3v) is 2.43. The zero-order chi connectivity index (χ0) is 14.1. The SMILES string of the molecule is CCOC(=O)C=C(C(=O)OCC)C(C)CC(C)C. The minimum absolute atomic E-state index is 0.0199. The van der Waals surface area contributed by atoms with Crippen molar-refractivity contribution in [2.45, 2.75) is 41.0 Å². The highest BCUT2D eigenvalue weighted by Gasteiger charge is 2.20. The van der Waals surface area contributed by atoms with Crippen molar-refractivity contribution in [1.82, 2.24) is 0 Å². The Kier molecular flexibility index (Phi) is 8.08. The fourth-order valence-corrected chi connectivity index (χ4v) is 1.76. The monoisotopic (exact) mass is 256 g/mol. The molecule has 1 atom stereocenters. The fraction of sp³-hybridized carbons (Fsp3) is 0.714. The summed E-state index contributed by atoms with van der Waals surface area (Å²) in [6.45, 7) is 10.1. The van der Waals surface area contributed by atoms with E-state index >= 15 is 0 Å². The molecule has 0 spiro atoms. The van der Waals surface area contributed by atoms with Gasteiger partial charge in [-0.3, -0.25) is 0 Å². The van der Waals surface area contributed by atoms with E-state index in [9.17, 15) is 9.59 Å². The van der Waals surface area contributed by atoms with Gasteiger partial charge in [0.15, 0.2) is 0 Å². The van der Waals surface area contributed by atoms with Crippen LogP contribution in [0.4, 0.5) is 0 Å². The number of rotatable bonds is 7. The molecule has 0 aliphatic carbocycles. The summed E-state index contributed by atoms with van der Waals surface area (Å²) in [7, 11) is 0. The molecule has 0 fully saturated rings. The van der Waals surface area contributed by atoms with E-state index in [-0.39, 0.29) is 5.92 Å². The predicted molar refractivity (Wildman–Crippen MR) is 70.0 cm³/mol. The largest absolute Gasteiger partial charge is 0.463 e. The molecule has 1 unspecified atom stereocenters. The Hall–Kier alpha value is -1.32. The summed E-state index contributed by atoms with van der Waals surface area (Å²) >= 11 is 0. The quantitative estimate of drug-likeness (QED) is 0.519. The number of ether oxygens (including phenoxy) is 2. The number of carbonyl (C=O) groups is 2. The third kappa shape index (κ3) is 6.42. The van der Waals surface area contributed by atoms with E-state index in [1.54, 1.807) is 13.8 Å². The van der Waals surface area contributed by atoms with E-state index < -0.39 is 11.9 Å². The van der Waals surface area contributed by atoms with E-state index in [0.717, 1.165) is 6.42 Å². The molecule has 4 nitrogen and oxygen atoms in total. The Morgan fingerprint density at radius 3 is 2.06 bits per heavy atom. The van der Waals surface area contributed by atoms with Gasteiger partial charge in [0.05, 0.1) is 13.2 Å². The summed E-state index contributed by atoms with van der Waals surface area (Å²) in [6.07, 6.45) is 2.08. The second-order valence-corrected chi connectivity index (χ2v) is 4.60. The summed E-state index contributed by atoms with van der Waals surface area (Å²) in [4.78, 5) is 23.3. The summed E-state index contributed by atoms with van der Waals surface area (Å²) in [5.74, 6) is -0.497. The van der Waals surface area contributed by atoms with Gasteiger partial charge in [0.2, 0.25) is 0 Å². The predicted octanol–water partition coefficient (Wildman–Crippen LogP) is 2.72. The third-order valence-electron chi connectivity index (χ3n) is 2.43. The van der Waals surface area contributed by atoms with Crippen molar-refractivity contribution in [3.63, 3.8) is 0 Å². The molecule has 0 aromatic carbocycles. The Labute approximate surface area is 109 Å². The minimum Gasteiger partial charge on any atom is -0.463 e. The fourth-order valence-electron chi connectivity index (χ4n) is 1.76. The van der Waals surface area contributed by atoms with Gasteiger partial charge in [-0.1, -0.05) is 20.8 Å². The first-order valence-corrected chi connectivity index (χ1v) is 6.47. The average Bonchev–Trinajstić information content (AvgIpc) is 2.25. The molecule has 0 amide bonds. The van der Waals surface area contributed by atoms with Crippen molar-refractivity contribution in [3.05, 3.63) is 11.6 Å². The van der Waals surface area contributed by atoms with Crippen molar-refractivity contribution in [2.75, 3.05) is 13.2 Å². The molecule has 0 aliphatic heterocycles. The molecule has 0 bridgehead atoms. The molecule has 0 radical (unpaired) electrons. The lowest BCUT2D eigenvalue weighted by Crippen LogP contribution is -2.17. The lowest BCUT2D eigenvalue weighted by molar-refractivity contribution is -0.141. The van der Waals surface area contributed by atoms with Crippen molar-refractivity contribution in [3.8, 4) is 0 Å².